The van der Waals surface area contributed by atoms with E-state index in [-0.39, 0.29) is 12.1 Å². The third-order valence-electron chi connectivity index (χ3n) is 2.88. The van der Waals surface area contributed by atoms with Gasteiger partial charge in [-0.1, -0.05) is 48.5 Å². The van der Waals surface area contributed by atoms with Crippen LogP contribution in [0.4, 0.5) is 0 Å². The van der Waals surface area contributed by atoms with E-state index in [2.05, 4.69) is 5.32 Å². The normalized spacial score (nSPS) is 11.8. The Morgan fingerprint density at radius 3 is 2.21 bits per heavy atom. The van der Waals surface area contributed by atoms with Crippen LogP contribution in [0, 0.1) is 0 Å². The van der Waals surface area contributed by atoms with E-state index in [1.165, 1.54) is 0 Å². The molecule has 2 aromatic rings. The second-order valence-corrected chi connectivity index (χ2v) is 4.25. The molecule has 0 saturated heterocycles. The minimum atomic E-state index is -0.324. The average Bonchev–Trinajstić information content (AvgIpc) is 2.48. The molecule has 0 heterocycles. The highest BCUT2D eigenvalue weighted by Crippen LogP contribution is 2.05. The van der Waals surface area contributed by atoms with E-state index in [0.29, 0.717) is 12.0 Å². The fourth-order valence-electron chi connectivity index (χ4n) is 1.84. The highest BCUT2D eigenvalue weighted by molar-refractivity contribution is 5.94. The summed E-state index contributed by atoms with van der Waals surface area (Å²) in [5.74, 6) is -0.122. The number of nitrogens with one attached hydrogen (secondary N) is 1. The molecule has 0 saturated carbocycles. The predicted octanol–water partition coefficient (Wildman–Crippen LogP) is 2.63. The molecule has 0 spiro atoms. The van der Waals surface area contributed by atoms with Crippen molar-refractivity contribution in [3.63, 3.8) is 0 Å². The van der Waals surface area contributed by atoms with E-state index in [4.69, 9.17) is 4.74 Å². The lowest BCUT2D eigenvalue weighted by Crippen LogP contribution is -2.37. The summed E-state index contributed by atoms with van der Waals surface area (Å²) in [4.78, 5) is 12.0. The van der Waals surface area contributed by atoms with Crippen LogP contribution >= 0.6 is 0 Å². The van der Waals surface area contributed by atoms with Gasteiger partial charge in [-0.15, -0.1) is 0 Å². The second-order valence-electron chi connectivity index (χ2n) is 4.25. The van der Waals surface area contributed by atoms with Gasteiger partial charge in [-0.25, -0.2) is 0 Å². The van der Waals surface area contributed by atoms with E-state index in [1.807, 2.05) is 48.5 Å². The maximum atomic E-state index is 12.0. The number of amides is 1. The van der Waals surface area contributed by atoms with Crippen molar-refractivity contribution < 1.29 is 9.53 Å². The van der Waals surface area contributed by atoms with Crippen LogP contribution in [0.2, 0.25) is 0 Å². The zero-order valence-corrected chi connectivity index (χ0v) is 10.9. The van der Waals surface area contributed by atoms with Gasteiger partial charge < -0.3 is 10.1 Å². The predicted molar refractivity (Wildman–Crippen MR) is 74.9 cm³/mol. The van der Waals surface area contributed by atoms with Crippen LogP contribution in [0.3, 0.4) is 0 Å². The molecule has 0 bridgehead atoms. The molecule has 0 aliphatic heterocycles. The Kier molecular flexibility index (Phi) is 4.70. The molecular weight excluding hydrogens is 238 g/mol. The minimum Gasteiger partial charge on any atom is -0.361 e. The first-order valence-corrected chi connectivity index (χ1v) is 6.22. The number of carbonyl (C=O) groups excluding carboxylic acids is 1. The van der Waals surface area contributed by atoms with Crippen molar-refractivity contribution >= 4 is 5.91 Å². The number of hydrogen-bond donors (Lipinski definition) is 1. The molecule has 3 nitrogen and oxygen atoms in total. The second kappa shape index (κ2) is 6.71. The molecule has 0 aliphatic rings. The maximum Gasteiger partial charge on any atom is 0.253 e. The van der Waals surface area contributed by atoms with Gasteiger partial charge in [0.25, 0.3) is 5.91 Å². The molecule has 0 fully saturated rings. The van der Waals surface area contributed by atoms with Gasteiger partial charge in [0.15, 0.2) is 0 Å². The van der Waals surface area contributed by atoms with Crippen molar-refractivity contribution in [3.8, 4) is 0 Å². The molecule has 19 heavy (non-hydrogen) atoms. The van der Waals surface area contributed by atoms with Gasteiger partial charge in [-0.05, 0) is 17.7 Å². The largest absolute Gasteiger partial charge is 0.361 e. The minimum absolute atomic E-state index is 0.122. The molecule has 1 atom stereocenters. The summed E-state index contributed by atoms with van der Waals surface area (Å²) in [7, 11) is 1.60. The van der Waals surface area contributed by atoms with Crippen molar-refractivity contribution in [2.75, 3.05) is 7.11 Å². The zero-order chi connectivity index (χ0) is 13.5. The lowest BCUT2D eigenvalue weighted by molar-refractivity contribution is 0.0582. The first-order valence-electron chi connectivity index (χ1n) is 6.22. The molecule has 2 rings (SSSR count). The molecule has 1 unspecified atom stereocenters. The Morgan fingerprint density at radius 1 is 1.05 bits per heavy atom. The van der Waals surface area contributed by atoms with Crippen LogP contribution in [0.15, 0.2) is 60.7 Å². The van der Waals surface area contributed by atoms with Crippen LogP contribution in [0.5, 0.6) is 0 Å². The summed E-state index contributed by atoms with van der Waals surface area (Å²) >= 11 is 0. The van der Waals surface area contributed by atoms with Gasteiger partial charge in [-0.2, -0.15) is 0 Å². The lowest BCUT2D eigenvalue weighted by Gasteiger charge is -2.17. The number of benzene rings is 2. The molecule has 3 heteroatoms. The molecule has 0 radical (unpaired) electrons. The molecule has 0 aromatic heterocycles. The number of rotatable bonds is 5. The van der Waals surface area contributed by atoms with E-state index >= 15 is 0 Å². The Morgan fingerprint density at radius 2 is 1.63 bits per heavy atom. The molecule has 2 aromatic carbocycles. The third-order valence-corrected chi connectivity index (χ3v) is 2.88. The summed E-state index contributed by atoms with van der Waals surface area (Å²) < 4.78 is 5.31. The fourth-order valence-corrected chi connectivity index (χ4v) is 1.84. The number of ether oxygens (including phenoxy) is 1. The fraction of sp³-hybridized carbons (Fsp3) is 0.188. The lowest BCUT2D eigenvalue weighted by atomic mass is 10.1. The van der Waals surface area contributed by atoms with Crippen molar-refractivity contribution in [3.05, 3.63) is 71.8 Å². The Balaban J connectivity index is 1.98. The van der Waals surface area contributed by atoms with Crippen molar-refractivity contribution in [1.29, 1.82) is 0 Å². The Bertz CT molecular complexity index is 511. The Labute approximate surface area is 113 Å². The molecule has 0 aliphatic carbocycles. The van der Waals surface area contributed by atoms with Crippen molar-refractivity contribution in [2.45, 2.75) is 12.6 Å². The molecule has 1 N–H and O–H groups in total. The van der Waals surface area contributed by atoms with E-state index < -0.39 is 0 Å². The molecule has 98 valence electrons. The molecular formula is C16H17NO2. The highest BCUT2D eigenvalue weighted by atomic mass is 16.5. The summed E-state index contributed by atoms with van der Waals surface area (Å²) in [5, 5.41) is 2.87. The maximum absolute atomic E-state index is 12.0. The van der Waals surface area contributed by atoms with Crippen LogP contribution < -0.4 is 5.32 Å². The van der Waals surface area contributed by atoms with E-state index in [1.54, 1.807) is 19.2 Å². The smallest absolute Gasteiger partial charge is 0.253 e. The number of methoxy groups -OCH3 is 1. The van der Waals surface area contributed by atoms with E-state index in [9.17, 15) is 4.79 Å². The van der Waals surface area contributed by atoms with Crippen molar-refractivity contribution in [2.24, 2.45) is 0 Å². The first kappa shape index (κ1) is 13.3. The third kappa shape index (κ3) is 3.93. The van der Waals surface area contributed by atoms with Crippen LogP contribution in [-0.4, -0.2) is 19.2 Å². The summed E-state index contributed by atoms with van der Waals surface area (Å²) in [6, 6.07) is 19.1. The van der Waals surface area contributed by atoms with Gasteiger partial charge in [0.2, 0.25) is 0 Å². The SMILES string of the molecule is COC(Cc1ccccc1)NC(=O)c1ccccc1. The monoisotopic (exact) mass is 255 g/mol. The average molecular weight is 255 g/mol. The molecule has 1 amide bonds. The van der Waals surface area contributed by atoms with Crippen molar-refractivity contribution in [1.82, 2.24) is 5.32 Å². The standard InChI is InChI=1S/C16H17NO2/c1-19-15(12-13-8-4-2-5-9-13)17-16(18)14-10-6-3-7-11-14/h2-11,15H,12H2,1H3,(H,17,18). The summed E-state index contributed by atoms with van der Waals surface area (Å²) in [5.41, 5.74) is 1.76. The Hall–Kier alpha value is -2.13. The topological polar surface area (TPSA) is 38.3 Å². The van der Waals surface area contributed by atoms with E-state index in [0.717, 1.165) is 5.56 Å². The van der Waals surface area contributed by atoms with Crippen LogP contribution in [0.25, 0.3) is 0 Å². The zero-order valence-electron chi connectivity index (χ0n) is 10.9. The first-order chi connectivity index (χ1) is 9.29. The number of hydrogen-bond acceptors (Lipinski definition) is 2. The van der Waals surface area contributed by atoms with Gasteiger partial charge in [0.05, 0.1) is 0 Å². The van der Waals surface area contributed by atoms with Gasteiger partial charge in [0, 0.05) is 19.1 Å². The van der Waals surface area contributed by atoms with Crippen LogP contribution in [0.1, 0.15) is 15.9 Å². The highest BCUT2D eigenvalue weighted by Gasteiger charge is 2.13. The van der Waals surface area contributed by atoms with Gasteiger partial charge in [0.1, 0.15) is 6.23 Å². The van der Waals surface area contributed by atoms with Crippen LogP contribution in [-0.2, 0) is 11.2 Å². The quantitative estimate of drug-likeness (QED) is 0.834. The van der Waals surface area contributed by atoms with Gasteiger partial charge in [-0.3, -0.25) is 4.79 Å². The number of carbonyl (C=O) groups is 1. The van der Waals surface area contributed by atoms with Gasteiger partial charge >= 0.3 is 0 Å². The summed E-state index contributed by atoms with van der Waals surface area (Å²) in [6.45, 7) is 0. The summed E-state index contributed by atoms with van der Waals surface area (Å²) in [6.07, 6.45) is 0.325.